The van der Waals surface area contributed by atoms with Crippen LogP contribution < -0.4 is 14.5 Å². The molecule has 0 atom stereocenters. The number of hydrogen-bond acceptors (Lipinski definition) is 8. The molecule has 4 heterocycles. The van der Waals surface area contributed by atoms with Crippen LogP contribution in [-0.4, -0.2) is 53.2 Å². The molecule has 1 saturated heterocycles. The van der Waals surface area contributed by atoms with Crippen molar-refractivity contribution in [3.05, 3.63) is 67.4 Å². The van der Waals surface area contributed by atoms with Crippen molar-refractivity contribution in [1.29, 1.82) is 0 Å². The van der Waals surface area contributed by atoms with Crippen molar-refractivity contribution in [2.75, 3.05) is 43.1 Å². The lowest BCUT2D eigenvalue weighted by Crippen LogP contribution is -2.47. The summed E-state index contributed by atoms with van der Waals surface area (Å²) in [5, 5.41) is 0. The van der Waals surface area contributed by atoms with Gasteiger partial charge >= 0.3 is 0 Å². The Hall–Kier alpha value is -3.94. The maximum atomic E-state index is 5.64. The summed E-state index contributed by atoms with van der Waals surface area (Å²) in [4.78, 5) is 22.6. The maximum Gasteiger partial charge on any atom is 0.226 e. The second kappa shape index (κ2) is 8.43. The van der Waals surface area contributed by atoms with E-state index >= 15 is 0 Å². The summed E-state index contributed by atoms with van der Waals surface area (Å²) in [7, 11) is 1.69. The standard InChI is InChI=1S/C23H22N6O2/c1-30-18-5-2-4-17(14-18)28-9-11-29(12-10-28)23-26-15-19(20-16-24-7-8-25-20)22(27-23)21-6-3-13-31-21/h2-8,13-16H,9-12H2,1H3. The minimum Gasteiger partial charge on any atom is -0.497 e. The minimum atomic E-state index is 0.680. The van der Waals surface area contributed by atoms with Gasteiger partial charge in [0.25, 0.3) is 0 Å². The van der Waals surface area contributed by atoms with Gasteiger partial charge in [0.15, 0.2) is 5.76 Å². The highest BCUT2D eigenvalue weighted by Gasteiger charge is 2.22. The molecular formula is C23H22N6O2. The molecule has 5 rings (SSSR count). The van der Waals surface area contributed by atoms with Gasteiger partial charge in [0.05, 0.1) is 25.3 Å². The third-order valence-corrected chi connectivity index (χ3v) is 5.35. The van der Waals surface area contributed by atoms with Crippen LogP contribution in [0.15, 0.2) is 71.9 Å². The maximum absolute atomic E-state index is 5.64. The van der Waals surface area contributed by atoms with E-state index < -0.39 is 0 Å². The van der Waals surface area contributed by atoms with E-state index in [1.165, 1.54) is 0 Å². The SMILES string of the molecule is COc1cccc(N2CCN(c3ncc(-c4cnccn4)c(-c4ccco4)n3)CC2)c1. The van der Waals surface area contributed by atoms with Gasteiger partial charge in [-0.25, -0.2) is 9.97 Å². The van der Waals surface area contributed by atoms with Gasteiger partial charge in [0.2, 0.25) is 5.95 Å². The fourth-order valence-corrected chi connectivity index (χ4v) is 3.72. The van der Waals surface area contributed by atoms with Crippen LogP contribution in [0.1, 0.15) is 0 Å². The zero-order chi connectivity index (χ0) is 21.0. The molecule has 0 amide bonds. The van der Waals surface area contributed by atoms with Gasteiger partial charge in [0, 0.05) is 62.1 Å². The van der Waals surface area contributed by atoms with Crippen LogP contribution in [0.3, 0.4) is 0 Å². The summed E-state index contributed by atoms with van der Waals surface area (Å²) in [6, 6.07) is 11.9. The van der Waals surface area contributed by atoms with Crippen LogP contribution in [0.5, 0.6) is 5.75 Å². The lowest BCUT2D eigenvalue weighted by Gasteiger charge is -2.36. The monoisotopic (exact) mass is 414 g/mol. The lowest BCUT2D eigenvalue weighted by atomic mass is 10.1. The summed E-state index contributed by atoms with van der Waals surface area (Å²) in [6.45, 7) is 3.38. The molecule has 0 saturated carbocycles. The Kier molecular flexibility index (Phi) is 5.18. The highest BCUT2D eigenvalue weighted by atomic mass is 16.5. The Morgan fingerprint density at radius 3 is 2.55 bits per heavy atom. The number of benzene rings is 1. The van der Waals surface area contributed by atoms with Gasteiger partial charge in [0.1, 0.15) is 11.4 Å². The van der Waals surface area contributed by atoms with Crippen molar-refractivity contribution >= 4 is 11.6 Å². The van der Waals surface area contributed by atoms with E-state index in [9.17, 15) is 0 Å². The Morgan fingerprint density at radius 1 is 0.935 bits per heavy atom. The molecule has 0 N–H and O–H groups in total. The van der Waals surface area contributed by atoms with Gasteiger partial charge < -0.3 is 19.0 Å². The Labute approximate surface area is 180 Å². The van der Waals surface area contributed by atoms with Crippen molar-refractivity contribution in [3.8, 4) is 28.5 Å². The molecule has 8 heteroatoms. The largest absolute Gasteiger partial charge is 0.497 e. The molecule has 0 unspecified atom stereocenters. The van der Waals surface area contributed by atoms with E-state index in [-0.39, 0.29) is 0 Å². The Bertz CT molecular complexity index is 1140. The smallest absolute Gasteiger partial charge is 0.226 e. The molecule has 0 bridgehead atoms. The van der Waals surface area contributed by atoms with E-state index in [0.717, 1.165) is 43.2 Å². The van der Waals surface area contributed by atoms with Gasteiger partial charge in [-0.3, -0.25) is 9.97 Å². The second-order valence-corrected chi connectivity index (χ2v) is 7.18. The van der Waals surface area contributed by atoms with Crippen molar-refractivity contribution in [2.45, 2.75) is 0 Å². The Morgan fingerprint density at radius 2 is 1.81 bits per heavy atom. The summed E-state index contributed by atoms with van der Waals surface area (Å²) in [5.74, 6) is 2.23. The third-order valence-electron chi connectivity index (χ3n) is 5.35. The third kappa shape index (κ3) is 3.92. The predicted molar refractivity (Wildman–Crippen MR) is 118 cm³/mol. The molecule has 0 spiro atoms. The van der Waals surface area contributed by atoms with Crippen LogP contribution in [0, 0.1) is 0 Å². The van der Waals surface area contributed by atoms with E-state index in [4.69, 9.17) is 14.1 Å². The van der Waals surface area contributed by atoms with Gasteiger partial charge in [-0.1, -0.05) is 6.07 Å². The molecule has 8 nitrogen and oxygen atoms in total. The summed E-state index contributed by atoms with van der Waals surface area (Å²) < 4.78 is 11.0. The minimum absolute atomic E-state index is 0.680. The summed E-state index contributed by atoms with van der Waals surface area (Å²) >= 11 is 0. The van der Waals surface area contributed by atoms with E-state index in [0.29, 0.717) is 23.1 Å². The quantitative estimate of drug-likeness (QED) is 0.491. The lowest BCUT2D eigenvalue weighted by molar-refractivity contribution is 0.414. The fourth-order valence-electron chi connectivity index (χ4n) is 3.72. The highest BCUT2D eigenvalue weighted by Crippen LogP contribution is 2.31. The molecule has 3 aromatic heterocycles. The van der Waals surface area contributed by atoms with Gasteiger partial charge in [-0.05, 0) is 24.3 Å². The number of hydrogen-bond donors (Lipinski definition) is 0. The van der Waals surface area contributed by atoms with Crippen molar-refractivity contribution in [1.82, 2.24) is 19.9 Å². The average Bonchev–Trinajstić information content (AvgIpc) is 3.39. The number of ether oxygens (including phenoxy) is 1. The van der Waals surface area contributed by atoms with Crippen molar-refractivity contribution in [3.63, 3.8) is 0 Å². The molecule has 0 aliphatic carbocycles. The van der Waals surface area contributed by atoms with Crippen molar-refractivity contribution in [2.24, 2.45) is 0 Å². The van der Waals surface area contributed by atoms with E-state index in [1.54, 1.807) is 38.2 Å². The van der Waals surface area contributed by atoms with Gasteiger partial charge in [-0.15, -0.1) is 0 Å². The van der Waals surface area contributed by atoms with E-state index in [2.05, 4.69) is 36.9 Å². The average molecular weight is 414 g/mol. The first-order valence-electron chi connectivity index (χ1n) is 10.1. The first-order chi connectivity index (χ1) is 15.3. The van der Waals surface area contributed by atoms with E-state index in [1.807, 2.05) is 24.3 Å². The molecule has 156 valence electrons. The number of furan rings is 1. The zero-order valence-electron chi connectivity index (χ0n) is 17.2. The van der Waals surface area contributed by atoms with Gasteiger partial charge in [-0.2, -0.15) is 0 Å². The highest BCUT2D eigenvalue weighted by molar-refractivity contribution is 5.76. The molecule has 0 radical (unpaired) electrons. The number of methoxy groups -OCH3 is 1. The topological polar surface area (TPSA) is 80.4 Å². The number of piperazine rings is 1. The van der Waals surface area contributed by atoms with Crippen molar-refractivity contribution < 1.29 is 9.15 Å². The van der Waals surface area contributed by atoms with Crippen LogP contribution >= 0.6 is 0 Å². The van der Waals surface area contributed by atoms with Crippen LogP contribution in [0.2, 0.25) is 0 Å². The number of anilines is 2. The molecule has 4 aromatic rings. The van der Waals surface area contributed by atoms with Crippen LogP contribution in [0.4, 0.5) is 11.6 Å². The Balaban J connectivity index is 1.39. The molecule has 1 fully saturated rings. The molecule has 1 aliphatic rings. The second-order valence-electron chi connectivity index (χ2n) is 7.18. The van der Waals surface area contributed by atoms with Crippen LogP contribution in [-0.2, 0) is 0 Å². The molecule has 1 aromatic carbocycles. The van der Waals surface area contributed by atoms with Crippen LogP contribution in [0.25, 0.3) is 22.7 Å². The first-order valence-corrected chi connectivity index (χ1v) is 10.1. The molecule has 1 aliphatic heterocycles. The number of nitrogens with zero attached hydrogens (tertiary/aromatic N) is 6. The predicted octanol–water partition coefficient (Wildman–Crippen LogP) is 3.53. The first kappa shape index (κ1) is 19.0. The summed E-state index contributed by atoms with van der Waals surface area (Å²) in [5.41, 5.74) is 3.38. The molecule has 31 heavy (non-hydrogen) atoms. The molecular weight excluding hydrogens is 392 g/mol. The fraction of sp³-hybridized carbons (Fsp3) is 0.217. The zero-order valence-corrected chi connectivity index (χ0v) is 17.2. The number of aromatic nitrogens is 4. The normalized spacial score (nSPS) is 14.0. The summed E-state index contributed by atoms with van der Waals surface area (Å²) in [6.07, 6.45) is 8.46. The number of rotatable bonds is 5.